The number of hydrogen-bond acceptors (Lipinski definition) is 0. The van der Waals surface area contributed by atoms with Gasteiger partial charge in [-0.1, -0.05) is 48.5 Å². The minimum Gasteiger partial charge on any atom is -0.0616 e. The van der Waals surface area contributed by atoms with Crippen LogP contribution in [0.4, 0.5) is 0 Å². The van der Waals surface area contributed by atoms with Gasteiger partial charge >= 0.3 is 43.1 Å². The second-order valence-corrected chi connectivity index (χ2v) is 15.3. The molecule has 73 valence electrons. The minimum absolute atomic E-state index is 1.31. The summed E-state index contributed by atoms with van der Waals surface area (Å²) in [5.41, 5.74) is 0. The number of fused-ring (bicyclic) bond motifs is 1. The Morgan fingerprint density at radius 1 is 0.643 bits per heavy atom. The molecule has 0 aliphatic rings. The van der Waals surface area contributed by atoms with Gasteiger partial charge in [0.05, 0.1) is 0 Å². The molecular weight excluding hydrogens is 345 g/mol. The quantitative estimate of drug-likeness (QED) is 0.611. The van der Waals surface area contributed by atoms with Crippen LogP contribution in [0.1, 0.15) is 0 Å². The van der Waals surface area contributed by atoms with Gasteiger partial charge < -0.3 is 0 Å². The van der Waals surface area contributed by atoms with Crippen molar-refractivity contribution in [3.05, 3.63) is 48.5 Å². The van der Waals surface area contributed by atoms with E-state index in [0.717, 1.165) is 0 Å². The van der Waals surface area contributed by atoms with Gasteiger partial charge in [-0.3, -0.25) is 0 Å². The van der Waals surface area contributed by atoms with E-state index >= 15 is 0 Å². The standard InChI is InChI=1S/C10H8.3ClH.Sn/c1-2-6-10-8-4-3-7-9(10)5-1;;;;/h1-8H;3*1H;/q;;;;+3/p-3. The van der Waals surface area contributed by atoms with E-state index in [4.69, 9.17) is 26.8 Å². The third-order valence-electron chi connectivity index (χ3n) is 1.66. The first-order chi connectivity index (χ1) is 6.70. The maximum atomic E-state index is 5.00. The molecule has 0 N–H and O–H groups in total. The number of hydrogen-bond donors (Lipinski definition) is 0. The van der Waals surface area contributed by atoms with Crippen LogP contribution < -0.4 is 0 Å². The van der Waals surface area contributed by atoms with Crippen LogP contribution in [-0.2, 0) is 0 Å². The molecule has 0 saturated heterocycles. The van der Waals surface area contributed by atoms with Crippen molar-refractivity contribution in [2.45, 2.75) is 0 Å². The summed E-state index contributed by atoms with van der Waals surface area (Å²) in [5, 5.41) is 2.62. The summed E-state index contributed by atoms with van der Waals surface area (Å²) >= 11 is -2.13. The van der Waals surface area contributed by atoms with Crippen molar-refractivity contribution in [1.29, 1.82) is 0 Å². The van der Waals surface area contributed by atoms with E-state index in [1.807, 2.05) is 0 Å². The Morgan fingerprint density at radius 2 is 0.857 bits per heavy atom. The topological polar surface area (TPSA) is 0 Å². The van der Waals surface area contributed by atoms with E-state index in [2.05, 4.69) is 48.5 Å². The van der Waals surface area contributed by atoms with Crippen LogP contribution in [0.25, 0.3) is 10.8 Å². The zero-order valence-corrected chi connectivity index (χ0v) is 12.4. The van der Waals surface area contributed by atoms with Gasteiger partial charge in [0.15, 0.2) is 0 Å². The minimum atomic E-state index is -2.13. The predicted octanol–water partition coefficient (Wildman–Crippen LogP) is 4.53. The Morgan fingerprint density at radius 3 is 1.07 bits per heavy atom. The molecule has 0 unspecified atom stereocenters. The van der Waals surface area contributed by atoms with Crippen LogP contribution in [0.3, 0.4) is 0 Å². The summed E-state index contributed by atoms with van der Waals surface area (Å²) in [7, 11) is 15.0. The molecule has 2 aromatic rings. The zero-order chi connectivity index (χ0) is 10.4. The summed E-state index contributed by atoms with van der Waals surface area (Å²) in [4.78, 5) is 0. The Labute approximate surface area is 102 Å². The van der Waals surface area contributed by atoms with Crippen LogP contribution in [0.5, 0.6) is 0 Å². The first-order valence-corrected chi connectivity index (χ1v) is 14.8. The normalized spacial score (nSPS) is 9.71. The molecule has 0 bridgehead atoms. The van der Waals surface area contributed by atoms with Crippen molar-refractivity contribution in [2.75, 3.05) is 0 Å². The summed E-state index contributed by atoms with van der Waals surface area (Å²) in [6.45, 7) is 0. The number of benzene rings is 2. The maximum Gasteiger partial charge on any atom is -0.0184 e. The molecule has 0 saturated carbocycles. The fourth-order valence-electron chi connectivity index (χ4n) is 1.13. The average Bonchev–Trinajstić information content (AvgIpc) is 2.17. The molecule has 0 aliphatic carbocycles. The van der Waals surface area contributed by atoms with Crippen LogP contribution in [0.2, 0.25) is 0 Å². The third-order valence-corrected chi connectivity index (χ3v) is 1.66. The Hall–Kier alpha value is 0.369. The van der Waals surface area contributed by atoms with Gasteiger partial charge in [0.1, 0.15) is 0 Å². The molecule has 0 spiro atoms. The van der Waals surface area contributed by atoms with Crippen molar-refractivity contribution < 1.29 is 0 Å². The van der Waals surface area contributed by atoms with Crippen molar-refractivity contribution in [3.8, 4) is 0 Å². The van der Waals surface area contributed by atoms with E-state index in [0.29, 0.717) is 0 Å². The molecule has 0 amide bonds. The largest absolute Gasteiger partial charge is 0.0616 e. The summed E-state index contributed by atoms with van der Waals surface area (Å²) in [5.74, 6) is 0. The molecule has 0 nitrogen and oxygen atoms in total. The monoisotopic (exact) mass is 353 g/mol. The number of halogens is 3. The second kappa shape index (κ2) is 6.78. The van der Waals surface area contributed by atoms with E-state index < -0.39 is 16.4 Å². The van der Waals surface area contributed by atoms with Crippen LogP contribution in [0, 0.1) is 0 Å². The van der Waals surface area contributed by atoms with E-state index in [1.54, 1.807) is 0 Å². The number of rotatable bonds is 0. The molecular formula is C10H8Cl3Sn. The van der Waals surface area contributed by atoms with Gasteiger partial charge in [-0.2, -0.15) is 0 Å². The summed E-state index contributed by atoms with van der Waals surface area (Å²) < 4.78 is 0. The Bertz CT molecular complexity index is 322. The molecule has 0 aliphatic heterocycles. The van der Waals surface area contributed by atoms with Gasteiger partial charge in [-0.25, -0.2) is 0 Å². The Balaban J connectivity index is 0.000000213. The molecule has 0 heterocycles. The molecule has 4 heteroatoms. The van der Waals surface area contributed by atoms with Gasteiger partial charge in [0.2, 0.25) is 0 Å². The zero-order valence-electron chi connectivity index (χ0n) is 7.25. The first-order valence-electron chi connectivity index (χ1n) is 3.97. The predicted molar refractivity (Wildman–Crippen MR) is 67.3 cm³/mol. The van der Waals surface area contributed by atoms with Crippen molar-refractivity contribution in [1.82, 2.24) is 0 Å². The van der Waals surface area contributed by atoms with Crippen molar-refractivity contribution in [3.63, 3.8) is 0 Å². The molecule has 0 fully saturated rings. The third kappa shape index (κ3) is 4.74. The van der Waals surface area contributed by atoms with Crippen molar-refractivity contribution in [2.24, 2.45) is 0 Å². The Kier molecular flexibility index (Phi) is 6.02. The molecule has 0 atom stereocenters. The smallest absolute Gasteiger partial charge is 0.0184 e. The van der Waals surface area contributed by atoms with E-state index in [-0.39, 0.29) is 0 Å². The SMILES string of the molecule is [Cl][Sn]([Cl])[Cl].c1ccc2ccccc2c1. The van der Waals surface area contributed by atoms with Crippen molar-refractivity contribution >= 4 is 53.9 Å². The molecule has 0 aromatic heterocycles. The molecule has 14 heavy (non-hydrogen) atoms. The average molecular weight is 353 g/mol. The van der Waals surface area contributed by atoms with Gasteiger partial charge in [-0.15, -0.1) is 0 Å². The second-order valence-electron chi connectivity index (χ2n) is 2.56. The first kappa shape index (κ1) is 12.4. The van der Waals surface area contributed by atoms with Crippen LogP contribution in [0.15, 0.2) is 48.5 Å². The van der Waals surface area contributed by atoms with Gasteiger partial charge in [0.25, 0.3) is 0 Å². The molecule has 1 radical (unpaired) electrons. The summed E-state index contributed by atoms with van der Waals surface area (Å²) in [6, 6.07) is 16.7. The molecule has 2 aromatic carbocycles. The van der Waals surface area contributed by atoms with Crippen LogP contribution >= 0.6 is 26.8 Å². The fraction of sp³-hybridized carbons (Fsp3) is 0. The van der Waals surface area contributed by atoms with Gasteiger partial charge in [0, 0.05) is 0 Å². The van der Waals surface area contributed by atoms with Gasteiger partial charge in [-0.05, 0) is 10.8 Å². The maximum absolute atomic E-state index is 5.00. The van der Waals surface area contributed by atoms with Crippen LogP contribution in [-0.4, -0.2) is 16.4 Å². The summed E-state index contributed by atoms with van der Waals surface area (Å²) in [6.07, 6.45) is 0. The fourth-order valence-corrected chi connectivity index (χ4v) is 1.13. The van der Waals surface area contributed by atoms with E-state index in [1.165, 1.54) is 10.8 Å². The molecule has 2 rings (SSSR count). The van der Waals surface area contributed by atoms with E-state index in [9.17, 15) is 0 Å².